The number of hydrogen-bond acceptors (Lipinski definition) is 3. The van der Waals surface area contributed by atoms with Gasteiger partial charge in [-0.15, -0.1) is 0 Å². The molecule has 1 amide bonds. The SMILES string of the molecule is CCOC(=O)C(C)(NC(=O)Cc1c(F)cccc1Cl)C1CC1. The Kier molecular flexibility index (Phi) is 5.06. The molecule has 0 bridgehead atoms. The Bertz CT molecular complexity index is 569. The molecule has 1 N–H and O–H groups in total. The Balaban J connectivity index is 2.10. The number of rotatable bonds is 6. The summed E-state index contributed by atoms with van der Waals surface area (Å²) in [6, 6.07) is 4.25. The van der Waals surface area contributed by atoms with Gasteiger partial charge in [0.25, 0.3) is 0 Å². The van der Waals surface area contributed by atoms with Gasteiger partial charge in [-0.1, -0.05) is 17.7 Å². The van der Waals surface area contributed by atoms with Crippen LogP contribution in [0.1, 0.15) is 32.3 Å². The molecule has 1 fully saturated rings. The summed E-state index contributed by atoms with van der Waals surface area (Å²) in [5.41, 5.74) is -0.936. The Morgan fingerprint density at radius 2 is 2.14 bits per heavy atom. The number of carbonyl (C=O) groups excluding carboxylic acids is 2. The number of ether oxygens (including phenoxy) is 1. The van der Waals surface area contributed by atoms with E-state index >= 15 is 0 Å². The molecule has 0 aliphatic heterocycles. The van der Waals surface area contributed by atoms with Crippen molar-refractivity contribution >= 4 is 23.5 Å². The van der Waals surface area contributed by atoms with Crippen molar-refractivity contribution in [1.29, 1.82) is 0 Å². The summed E-state index contributed by atoms with van der Waals surface area (Å²) in [5, 5.41) is 2.90. The number of hydrogen-bond donors (Lipinski definition) is 1. The zero-order valence-corrected chi connectivity index (χ0v) is 13.4. The molecule has 120 valence electrons. The second-order valence-electron chi connectivity index (χ2n) is 5.62. The zero-order valence-electron chi connectivity index (χ0n) is 12.6. The lowest BCUT2D eigenvalue weighted by molar-refractivity contribution is -0.153. The molecule has 0 aromatic heterocycles. The minimum Gasteiger partial charge on any atom is -0.464 e. The third kappa shape index (κ3) is 3.58. The van der Waals surface area contributed by atoms with E-state index in [1.807, 2.05) is 0 Å². The van der Waals surface area contributed by atoms with Gasteiger partial charge in [0, 0.05) is 10.6 Å². The second kappa shape index (κ2) is 6.65. The smallest absolute Gasteiger partial charge is 0.331 e. The average molecular weight is 328 g/mol. The van der Waals surface area contributed by atoms with E-state index in [2.05, 4.69) is 5.32 Å². The quantitative estimate of drug-likeness (QED) is 0.817. The molecule has 1 saturated carbocycles. The van der Waals surface area contributed by atoms with Crippen molar-refractivity contribution in [2.24, 2.45) is 5.92 Å². The monoisotopic (exact) mass is 327 g/mol. The number of esters is 1. The lowest BCUT2D eigenvalue weighted by Gasteiger charge is -2.28. The molecule has 0 heterocycles. The van der Waals surface area contributed by atoms with Gasteiger partial charge in [-0.2, -0.15) is 0 Å². The summed E-state index contributed by atoms with van der Waals surface area (Å²) in [6.45, 7) is 3.62. The van der Waals surface area contributed by atoms with Crippen molar-refractivity contribution in [1.82, 2.24) is 5.32 Å². The van der Waals surface area contributed by atoms with Crippen molar-refractivity contribution in [3.63, 3.8) is 0 Å². The minimum absolute atomic E-state index is 0.0617. The highest BCUT2D eigenvalue weighted by molar-refractivity contribution is 6.31. The molecule has 1 aliphatic carbocycles. The number of amides is 1. The van der Waals surface area contributed by atoms with Gasteiger partial charge in [-0.25, -0.2) is 9.18 Å². The molecule has 1 atom stereocenters. The molecule has 6 heteroatoms. The normalized spacial score (nSPS) is 16.7. The largest absolute Gasteiger partial charge is 0.464 e. The van der Waals surface area contributed by atoms with E-state index in [1.54, 1.807) is 13.8 Å². The Hall–Kier alpha value is -1.62. The van der Waals surface area contributed by atoms with Crippen molar-refractivity contribution in [3.8, 4) is 0 Å². The zero-order chi connectivity index (χ0) is 16.3. The van der Waals surface area contributed by atoms with Gasteiger partial charge in [0.2, 0.25) is 5.91 Å². The molecule has 0 spiro atoms. The summed E-state index contributed by atoms with van der Waals surface area (Å²) in [6.07, 6.45) is 1.50. The Morgan fingerprint density at radius 3 is 2.68 bits per heavy atom. The molecule has 1 aromatic rings. The second-order valence-corrected chi connectivity index (χ2v) is 6.03. The van der Waals surface area contributed by atoms with Crippen LogP contribution < -0.4 is 5.32 Å². The van der Waals surface area contributed by atoms with E-state index in [9.17, 15) is 14.0 Å². The van der Waals surface area contributed by atoms with Crippen LogP contribution in [0.3, 0.4) is 0 Å². The first-order chi connectivity index (χ1) is 10.4. The molecule has 0 saturated heterocycles. The highest BCUT2D eigenvalue weighted by atomic mass is 35.5. The predicted molar refractivity (Wildman–Crippen MR) is 81.0 cm³/mol. The van der Waals surface area contributed by atoms with Crippen LogP contribution in [0.15, 0.2) is 18.2 Å². The third-order valence-electron chi connectivity index (χ3n) is 3.89. The maximum absolute atomic E-state index is 13.7. The van der Waals surface area contributed by atoms with Gasteiger partial charge < -0.3 is 10.1 Å². The fraction of sp³-hybridized carbons (Fsp3) is 0.500. The van der Waals surface area contributed by atoms with Gasteiger partial charge in [-0.05, 0) is 44.7 Å². The van der Waals surface area contributed by atoms with Crippen LogP contribution >= 0.6 is 11.6 Å². The Labute approximate surface area is 134 Å². The molecule has 4 nitrogen and oxygen atoms in total. The molecular formula is C16H19ClFNO3. The Morgan fingerprint density at radius 1 is 1.45 bits per heavy atom. The van der Waals surface area contributed by atoms with Gasteiger partial charge in [0.15, 0.2) is 0 Å². The van der Waals surface area contributed by atoms with Crippen LogP contribution in [0.2, 0.25) is 5.02 Å². The molecule has 1 aromatic carbocycles. The number of nitrogens with one attached hydrogen (secondary N) is 1. The first-order valence-electron chi connectivity index (χ1n) is 7.29. The van der Waals surface area contributed by atoms with Gasteiger partial charge in [0.1, 0.15) is 11.4 Å². The topological polar surface area (TPSA) is 55.4 Å². The van der Waals surface area contributed by atoms with Crippen LogP contribution in [0.4, 0.5) is 4.39 Å². The average Bonchev–Trinajstić information content (AvgIpc) is 3.28. The molecule has 0 radical (unpaired) electrons. The van der Waals surface area contributed by atoms with Crippen molar-refractivity contribution in [3.05, 3.63) is 34.6 Å². The summed E-state index contributed by atoms with van der Waals surface area (Å²) in [7, 11) is 0. The van der Waals surface area contributed by atoms with E-state index < -0.39 is 23.2 Å². The summed E-state index contributed by atoms with van der Waals surface area (Å²) in [4.78, 5) is 24.4. The lowest BCUT2D eigenvalue weighted by atomic mass is 9.95. The van der Waals surface area contributed by atoms with Crippen molar-refractivity contribution in [2.75, 3.05) is 6.61 Å². The van der Waals surface area contributed by atoms with E-state index in [0.717, 1.165) is 12.8 Å². The van der Waals surface area contributed by atoms with Crippen LogP contribution in [0.25, 0.3) is 0 Å². The number of carbonyl (C=O) groups is 2. The highest BCUT2D eigenvalue weighted by Crippen LogP contribution is 2.40. The van der Waals surface area contributed by atoms with Gasteiger partial charge in [0.05, 0.1) is 13.0 Å². The number of benzene rings is 1. The minimum atomic E-state index is -1.06. The third-order valence-corrected chi connectivity index (χ3v) is 4.25. The van der Waals surface area contributed by atoms with Crippen LogP contribution in [-0.2, 0) is 20.7 Å². The van der Waals surface area contributed by atoms with Crippen molar-refractivity contribution in [2.45, 2.75) is 38.6 Å². The first kappa shape index (κ1) is 16.7. The highest BCUT2D eigenvalue weighted by Gasteiger charge is 2.49. The fourth-order valence-electron chi connectivity index (χ4n) is 2.46. The molecule has 1 aliphatic rings. The fourth-order valence-corrected chi connectivity index (χ4v) is 2.69. The van der Waals surface area contributed by atoms with Crippen molar-refractivity contribution < 1.29 is 18.7 Å². The number of halogens is 2. The summed E-state index contributed by atoms with van der Waals surface area (Å²) < 4.78 is 18.8. The van der Waals surface area contributed by atoms with E-state index in [4.69, 9.17) is 16.3 Å². The molecule has 2 rings (SSSR count). The van der Waals surface area contributed by atoms with E-state index in [1.165, 1.54) is 18.2 Å². The van der Waals surface area contributed by atoms with Crippen LogP contribution in [0.5, 0.6) is 0 Å². The first-order valence-corrected chi connectivity index (χ1v) is 7.67. The maximum atomic E-state index is 13.7. The van der Waals surface area contributed by atoms with Crippen LogP contribution in [-0.4, -0.2) is 24.0 Å². The molecular weight excluding hydrogens is 309 g/mol. The van der Waals surface area contributed by atoms with E-state index in [0.29, 0.717) is 0 Å². The van der Waals surface area contributed by atoms with Gasteiger partial charge >= 0.3 is 5.97 Å². The summed E-state index contributed by atoms with van der Waals surface area (Å²) >= 11 is 5.92. The van der Waals surface area contributed by atoms with Gasteiger partial charge in [-0.3, -0.25) is 4.79 Å². The summed E-state index contributed by atoms with van der Waals surface area (Å²) in [5.74, 6) is -1.38. The lowest BCUT2D eigenvalue weighted by Crippen LogP contribution is -2.55. The molecule has 1 unspecified atom stereocenters. The van der Waals surface area contributed by atoms with E-state index in [-0.39, 0.29) is 29.5 Å². The maximum Gasteiger partial charge on any atom is 0.331 e. The standard InChI is InChI=1S/C16H19ClFNO3/c1-3-22-15(21)16(2,10-7-8-10)19-14(20)9-11-12(17)5-4-6-13(11)18/h4-6,10H,3,7-9H2,1-2H3,(H,19,20). The predicted octanol–water partition coefficient (Wildman–Crippen LogP) is 2.87. The molecule has 22 heavy (non-hydrogen) atoms. The van der Waals surface area contributed by atoms with Crippen LogP contribution in [0, 0.1) is 11.7 Å².